The molecule has 0 bridgehead atoms. The van der Waals surface area contributed by atoms with Crippen molar-refractivity contribution in [2.24, 2.45) is 0 Å². The molecule has 0 radical (unpaired) electrons. The van der Waals surface area contributed by atoms with Crippen LogP contribution >= 0.6 is 11.3 Å². The Hall–Kier alpha value is -2.98. The number of carbonyl (C=O) groups is 1. The predicted molar refractivity (Wildman–Crippen MR) is 93.7 cm³/mol. The Bertz CT molecular complexity index is 1070. The molecule has 5 nitrogen and oxygen atoms in total. The molecule has 3 heterocycles. The first kappa shape index (κ1) is 15.5. The third-order valence-corrected chi connectivity index (χ3v) is 5.81. The third-order valence-electron chi connectivity index (χ3n) is 4.56. The van der Waals surface area contributed by atoms with Crippen molar-refractivity contribution in [3.05, 3.63) is 52.3 Å². The van der Waals surface area contributed by atoms with Gasteiger partial charge in [-0.25, -0.2) is 9.37 Å². The van der Waals surface area contributed by atoms with E-state index >= 15 is 0 Å². The highest BCUT2D eigenvalue weighted by atomic mass is 32.1. The zero-order valence-electron chi connectivity index (χ0n) is 13.3. The summed E-state index contributed by atoms with van der Waals surface area (Å²) < 4.78 is 14.2. The summed E-state index contributed by atoms with van der Waals surface area (Å²) in [5, 5.41) is 13.0. The number of halogens is 1. The normalized spacial score (nSPS) is 16.4. The van der Waals surface area contributed by atoms with Gasteiger partial charge in [0, 0.05) is 17.9 Å². The van der Waals surface area contributed by atoms with Crippen molar-refractivity contribution in [1.29, 1.82) is 5.26 Å². The number of anilines is 2. The van der Waals surface area contributed by atoms with Crippen LogP contribution in [0.25, 0.3) is 10.2 Å². The van der Waals surface area contributed by atoms with Crippen molar-refractivity contribution in [2.45, 2.75) is 19.3 Å². The van der Waals surface area contributed by atoms with Gasteiger partial charge in [0.05, 0.1) is 4.70 Å². The number of amides is 1. The number of nitrogen functional groups attached to an aromatic ring is 1. The number of nitrogens with two attached hydrogens (primary N) is 1. The molecular formula is C18H14FN4OS+. The van der Waals surface area contributed by atoms with E-state index in [0.717, 1.165) is 31.9 Å². The number of carbonyl (C=O) groups excluding carboxylic acids is 1. The monoisotopic (exact) mass is 353 g/mol. The molecule has 25 heavy (non-hydrogen) atoms. The summed E-state index contributed by atoms with van der Waals surface area (Å²) in [5.74, 6) is -0.284. The van der Waals surface area contributed by atoms with E-state index in [-0.39, 0.29) is 24.1 Å². The predicted octanol–water partition coefficient (Wildman–Crippen LogP) is 3.09. The molecule has 1 aliphatic rings. The number of thiophene rings is 1. The maximum absolute atomic E-state index is 13.3. The topological polar surface area (TPSA) is 93.1 Å². The van der Waals surface area contributed by atoms with E-state index in [9.17, 15) is 14.4 Å². The van der Waals surface area contributed by atoms with Crippen molar-refractivity contribution in [3.8, 4) is 6.07 Å². The zero-order chi connectivity index (χ0) is 17.7. The minimum Gasteiger partial charge on any atom is -0.317 e. The Morgan fingerprint density at radius 3 is 2.80 bits per heavy atom. The first-order chi connectivity index (χ1) is 12.0. The molecule has 0 spiro atoms. The molecule has 1 amide bonds. The van der Waals surface area contributed by atoms with Gasteiger partial charge in [0.15, 0.2) is 0 Å². The van der Waals surface area contributed by atoms with Crippen LogP contribution in [0.15, 0.2) is 24.3 Å². The molecule has 0 aliphatic carbocycles. The average Bonchev–Trinajstić information content (AvgIpc) is 2.93. The molecule has 0 saturated carbocycles. The van der Waals surface area contributed by atoms with E-state index in [4.69, 9.17) is 5.73 Å². The van der Waals surface area contributed by atoms with Crippen LogP contribution in [0.3, 0.4) is 0 Å². The lowest BCUT2D eigenvalue weighted by molar-refractivity contribution is -0.327. The van der Waals surface area contributed by atoms with Crippen molar-refractivity contribution in [1.82, 2.24) is 0 Å². The second-order valence-electron chi connectivity index (χ2n) is 6.06. The maximum atomic E-state index is 13.3. The van der Waals surface area contributed by atoms with Crippen LogP contribution in [0.2, 0.25) is 0 Å². The first-order valence-electron chi connectivity index (χ1n) is 7.72. The number of fused-ring (bicyclic) bond motifs is 3. The van der Waals surface area contributed by atoms with Gasteiger partial charge in [-0.1, -0.05) is 12.1 Å². The van der Waals surface area contributed by atoms with E-state index in [0.29, 0.717) is 11.4 Å². The molecule has 4 N–H and O–H groups in total. The number of nitrogens with zero attached hydrogens (tertiary/aromatic N) is 1. The first-order valence-corrected chi connectivity index (χ1v) is 8.54. The number of aromatic nitrogens is 1. The summed E-state index contributed by atoms with van der Waals surface area (Å²) in [6.07, 6.45) is 0.275. The van der Waals surface area contributed by atoms with Crippen molar-refractivity contribution in [2.75, 3.05) is 11.1 Å². The number of hydrogen-bond donors (Lipinski definition) is 2. The number of nitrogens with one attached hydrogen (secondary N) is 2. The van der Waals surface area contributed by atoms with Crippen LogP contribution in [-0.2, 0) is 4.79 Å². The van der Waals surface area contributed by atoms with Gasteiger partial charge in [-0.3, -0.25) is 10.5 Å². The molecule has 3 aromatic rings. The van der Waals surface area contributed by atoms with Crippen molar-refractivity contribution >= 4 is 38.3 Å². The van der Waals surface area contributed by atoms with Crippen LogP contribution in [0.1, 0.15) is 34.6 Å². The van der Waals surface area contributed by atoms with E-state index in [1.54, 1.807) is 12.1 Å². The molecule has 1 aliphatic heterocycles. The highest BCUT2D eigenvalue weighted by Crippen LogP contribution is 2.46. The second-order valence-corrected chi connectivity index (χ2v) is 7.08. The molecule has 0 fully saturated rings. The van der Waals surface area contributed by atoms with Crippen LogP contribution in [-0.4, -0.2) is 5.91 Å². The van der Waals surface area contributed by atoms with Gasteiger partial charge in [0.2, 0.25) is 5.91 Å². The zero-order valence-corrected chi connectivity index (χ0v) is 14.1. The van der Waals surface area contributed by atoms with Crippen LogP contribution in [0, 0.1) is 24.1 Å². The van der Waals surface area contributed by atoms with E-state index < -0.39 is 0 Å². The van der Waals surface area contributed by atoms with Gasteiger partial charge in [-0.05, 0) is 30.2 Å². The minimum absolute atomic E-state index is 0.0838. The Balaban J connectivity index is 2.00. The number of aromatic amines is 1. The number of benzene rings is 1. The van der Waals surface area contributed by atoms with Gasteiger partial charge in [-0.2, -0.15) is 5.26 Å². The number of pyridine rings is 1. The number of rotatable bonds is 1. The molecule has 1 aromatic carbocycles. The lowest BCUT2D eigenvalue weighted by atomic mass is 9.86. The fraction of sp³-hybridized carbons (Fsp3) is 0.167. The Labute approximate surface area is 146 Å². The van der Waals surface area contributed by atoms with Gasteiger partial charge in [-0.15, -0.1) is 11.3 Å². The fourth-order valence-electron chi connectivity index (χ4n) is 3.36. The summed E-state index contributed by atoms with van der Waals surface area (Å²) >= 11 is 1.43. The second kappa shape index (κ2) is 5.53. The molecule has 124 valence electrons. The van der Waals surface area contributed by atoms with Crippen molar-refractivity contribution < 1.29 is 14.2 Å². The highest BCUT2D eigenvalue weighted by molar-refractivity contribution is 7.23. The summed E-state index contributed by atoms with van der Waals surface area (Å²) in [4.78, 5) is 15.3. The molecule has 2 aromatic heterocycles. The highest BCUT2D eigenvalue weighted by Gasteiger charge is 2.33. The van der Waals surface area contributed by atoms with Crippen LogP contribution in [0.5, 0.6) is 0 Å². The Morgan fingerprint density at radius 1 is 1.40 bits per heavy atom. The molecule has 0 unspecified atom stereocenters. The van der Waals surface area contributed by atoms with Gasteiger partial charge >= 0.3 is 0 Å². The average molecular weight is 353 g/mol. The number of H-pyrrole nitrogens is 1. The molecule has 1 atom stereocenters. The van der Waals surface area contributed by atoms with E-state index in [1.807, 2.05) is 6.92 Å². The lowest BCUT2D eigenvalue weighted by Gasteiger charge is -2.22. The summed E-state index contributed by atoms with van der Waals surface area (Å²) in [6.45, 7) is 1.85. The number of nitriles is 1. The summed E-state index contributed by atoms with van der Waals surface area (Å²) in [7, 11) is 0. The summed E-state index contributed by atoms with van der Waals surface area (Å²) in [6, 6.07) is 8.31. The Morgan fingerprint density at radius 2 is 2.12 bits per heavy atom. The van der Waals surface area contributed by atoms with E-state index in [1.165, 1.54) is 23.5 Å². The van der Waals surface area contributed by atoms with Gasteiger partial charge < -0.3 is 5.32 Å². The Kier molecular flexibility index (Phi) is 3.44. The fourth-order valence-corrected chi connectivity index (χ4v) is 4.60. The molecule has 0 saturated heterocycles. The standard InChI is InChI=1S/C18H13FN4OS/c1-8-12(7-20)17(21)23-15-14-11(9-2-4-10(19)5-3-9)6-13(24)22-18(14)25-16(8)15/h2-5,11H,6H2,1H3,(H2,21,23)(H,22,24)/p+1/t11-/m0/s1. The molecular weight excluding hydrogens is 339 g/mol. The number of aryl methyl sites for hydroxylation is 1. The van der Waals surface area contributed by atoms with E-state index in [2.05, 4.69) is 16.4 Å². The minimum atomic E-state index is -0.315. The largest absolute Gasteiger partial charge is 0.317 e. The summed E-state index contributed by atoms with van der Waals surface area (Å²) in [5.41, 5.74) is 9.84. The quantitative estimate of drug-likeness (QED) is 0.704. The maximum Gasteiger partial charge on any atom is 0.289 e. The molecule has 7 heteroatoms. The SMILES string of the molecule is Cc1c(C#N)c(N)[nH+]c2c3c(sc12)NC(=O)C[C@H]3c1ccc(F)cc1. The van der Waals surface area contributed by atoms with Crippen LogP contribution < -0.4 is 16.0 Å². The number of hydrogen-bond acceptors (Lipinski definition) is 4. The molecule has 4 rings (SSSR count). The van der Waals surface area contributed by atoms with Crippen molar-refractivity contribution in [3.63, 3.8) is 0 Å². The van der Waals surface area contributed by atoms with Gasteiger partial charge in [0.1, 0.15) is 28.0 Å². The lowest BCUT2D eigenvalue weighted by Crippen LogP contribution is -2.24. The van der Waals surface area contributed by atoms with Gasteiger partial charge in [0.25, 0.3) is 5.82 Å². The smallest absolute Gasteiger partial charge is 0.289 e. The third kappa shape index (κ3) is 2.34. The van der Waals surface area contributed by atoms with Crippen LogP contribution in [0.4, 0.5) is 15.2 Å².